The normalized spacial score (nSPS) is 11.1. The van der Waals surface area contributed by atoms with E-state index in [1.165, 1.54) is 0 Å². The zero-order chi connectivity index (χ0) is 15.4. The van der Waals surface area contributed by atoms with Gasteiger partial charge in [-0.25, -0.2) is 0 Å². The minimum atomic E-state index is -0.0727. The molecule has 0 atom stereocenters. The highest BCUT2D eigenvalue weighted by Gasteiger charge is 2.10. The molecule has 0 spiro atoms. The number of benzene rings is 1. The van der Waals surface area contributed by atoms with E-state index in [1.807, 2.05) is 59.1 Å². The highest BCUT2D eigenvalue weighted by Crippen LogP contribution is 2.06. The van der Waals surface area contributed by atoms with Gasteiger partial charge in [-0.3, -0.25) is 9.20 Å². The summed E-state index contributed by atoms with van der Waals surface area (Å²) in [5, 5.41) is 8.21. The second-order valence-corrected chi connectivity index (χ2v) is 4.98. The topological polar surface area (TPSA) is 50.5 Å². The number of carbonyl (C=O) groups excluding carboxylic acids is 1. The summed E-state index contributed by atoms with van der Waals surface area (Å²) >= 11 is 0. The van der Waals surface area contributed by atoms with Crippen LogP contribution < -0.4 is 0 Å². The molecule has 0 N–H and O–H groups in total. The van der Waals surface area contributed by atoms with Gasteiger partial charge in [-0.05, 0) is 23.8 Å². The number of aromatic nitrogens is 3. The maximum atomic E-state index is 12.2. The van der Waals surface area contributed by atoms with Crippen LogP contribution >= 0.6 is 0 Å². The molecule has 5 nitrogen and oxygen atoms in total. The fourth-order valence-electron chi connectivity index (χ4n) is 2.15. The van der Waals surface area contributed by atoms with E-state index < -0.39 is 0 Å². The second kappa shape index (κ2) is 6.22. The van der Waals surface area contributed by atoms with E-state index in [9.17, 15) is 4.79 Å². The summed E-state index contributed by atoms with van der Waals surface area (Å²) in [5.74, 6) is 0.663. The monoisotopic (exact) mass is 292 g/mol. The fourth-order valence-corrected chi connectivity index (χ4v) is 2.15. The van der Waals surface area contributed by atoms with Crippen LogP contribution in [0.5, 0.6) is 0 Å². The summed E-state index contributed by atoms with van der Waals surface area (Å²) in [6, 6.07) is 15.4. The molecule has 2 heterocycles. The van der Waals surface area contributed by atoms with Crippen molar-refractivity contribution in [3.8, 4) is 0 Å². The molecule has 0 aliphatic heterocycles. The molecule has 0 unspecified atom stereocenters. The van der Waals surface area contributed by atoms with Crippen LogP contribution in [0.3, 0.4) is 0 Å². The van der Waals surface area contributed by atoms with Crippen molar-refractivity contribution in [3.05, 3.63) is 72.2 Å². The number of hydrogen-bond acceptors (Lipinski definition) is 3. The predicted molar refractivity (Wildman–Crippen MR) is 84.9 cm³/mol. The number of amides is 1. The van der Waals surface area contributed by atoms with Crippen molar-refractivity contribution in [1.29, 1.82) is 0 Å². The van der Waals surface area contributed by atoms with Crippen molar-refractivity contribution in [2.45, 2.75) is 6.54 Å². The van der Waals surface area contributed by atoms with Crippen LogP contribution in [0.2, 0.25) is 0 Å². The molecular weight excluding hydrogens is 276 g/mol. The summed E-state index contributed by atoms with van der Waals surface area (Å²) in [4.78, 5) is 13.8. The van der Waals surface area contributed by atoms with Crippen molar-refractivity contribution >= 4 is 17.6 Å². The molecule has 0 aliphatic rings. The van der Waals surface area contributed by atoms with E-state index in [0.29, 0.717) is 6.54 Å². The molecule has 1 aromatic carbocycles. The van der Waals surface area contributed by atoms with Crippen LogP contribution in [0.4, 0.5) is 0 Å². The molecule has 1 amide bonds. The van der Waals surface area contributed by atoms with E-state index in [1.54, 1.807) is 24.1 Å². The van der Waals surface area contributed by atoms with Gasteiger partial charge in [0, 0.05) is 19.3 Å². The molecule has 5 heteroatoms. The summed E-state index contributed by atoms with van der Waals surface area (Å²) < 4.78 is 1.88. The van der Waals surface area contributed by atoms with E-state index in [-0.39, 0.29) is 5.91 Å². The highest BCUT2D eigenvalue weighted by molar-refractivity contribution is 5.91. The van der Waals surface area contributed by atoms with Gasteiger partial charge >= 0.3 is 0 Å². The summed E-state index contributed by atoms with van der Waals surface area (Å²) in [6.45, 7) is 0.406. The Bertz CT molecular complexity index is 808. The molecule has 3 aromatic rings. The first-order valence-electron chi connectivity index (χ1n) is 7.01. The third-order valence-electron chi connectivity index (χ3n) is 3.36. The summed E-state index contributed by atoms with van der Waals surface area (Å²) in [7, 11) is 1.75. The lowest BCUT2D eigenvalue weighted by atomic mass is 10.2. The number of fused-ring (bicyclic) bond motifs is 1. The van der Waals surface area contributed by atoms with Crippen LogP contribution in [-0.4, -0.2) is 32.5 Å². The van der Waals surface area contributed by atoms with Crippen LogP contribution in [0.1, 0.15) is 11.4 Å². The maximum absolute atomic E-state index is 12.2. The van der Waals surface area contributed by atoms with Gasteiger partial charge in [0.1, 0.15) is 0 Å². The highest BCUT2D eigenvalue weighted by atomic mass is 16.2. The van der Waals surface area contributed by atoms with E-state index in [0.717, 1.165) is 17.0 Å². The summed E-state index contributed by atoms with van der Waals surface area (Å²) in [5.41, 5.74) is 1.77. The van der Waals surface area contributed by atoms with Crippen LogP contribution in [0.25, 0.3) is 11.7 Å². The SMILES string of the molecule is CN(Cc1nnc2ccccn12)C(=O)C=Cc1ccccc1. The zero-order valence-electron chi connectivity index (χ0n) is 12.3. The lowest BCUT2D eigenvalue weighted by Gasteiger charge is -2.13. The number of nitrogens with zero attached hydrogens (tertiary/aromatic N) is 4. The van der Waals surface area contributed by atoms with Crippen molar-refractivity contribution in [2.24, 2.45) is 0 Å². The molecule has 0 fully saturated rings. The van der Waals surface area contributed by atoms with Gasteiger partial charge in [0.15, 0.2) is 11.5 Å². The Morgan fingerprint density at radius 2 is 1.91 bits per heavy atom. The standard InChI is InChI=1S/C17H16N4O/c1-20(17(22)11-10-14-7-3-2-4-8-14)13-16-19-18-15-9-5-6-12-21(15)16/h2-12H,13H2,1H3. The smallest absolute Gasteiger partial charge is 0.246 e. The van der Waals surface area contributed by atoms with E-state index >= 15 is 0 Å². The lowest BCUT2D eigenvalue weighted by molar-refractivity contribution is -0.125. The minimum absolute atomic E-state index is 0.0727. The van der Waals surface area contributed by atoms with E-state index in [4.69, 9.17) is 0 Å². The number of carbonyl (C=O) groups is 1. The number of rotatable bonds is 4. The van der Waals surface area contributed by atoms with E-state index in [2.05, 4.69) is 10.2 Å². The average Bonchev–Trinajstić information content (AvgIpc) is 2.97. The molecule has 0 bridgehead atoms. The molecule has 0 saturated carbocycles. The molecule has 2 aromatic heterocycles. The largest absolute Gasteiger partial charge is 0.335 e. The Morgan fingerprint density at radius 1 is 1.14 bits per heavy atom. The maximum Gasteiger partial charge on any atom is 0.246 e. The van der Waals surface area contributed by atoms with Crippen LogP contribution in [0, 0.1) is 0 Å². The number of pyridine rings is 1. The predicted octanol–water partition coefficient (Wildman–Crippen LogP) is 2.40. The van der Waals surface area contributed by atoms with Gasteiger partial charge in [-0.1, -0.05) is 36.4 Å². The molecule has 3 rings (SSSR count). The fraction of sp³-hybridized carbons (Fsp3) is 0.118. The van der Waals surface area contributed by atoms with Gasteiger partial charge in [0.2, 0.25) is 5.91 Å². The molecule has 0 radical (unpaired) electrons. The van der Waals surface area contributed by atoms with Gasteiger partial charge in [-0.2, -0.15) is 0 Å². The van der Waals surface area contributed by atoms with Gasteiger partial charge in [-0.15, -0.1) is 10.2 Å². The Balaban J connectivity index is 1.70. The number of likely N-dealkylation sites (N-methyl/N-ethyl adjacent to an activating group) is 1. The van der Waals surface area contributed by atoms with Crippen molar-refractivity contribution in [1.82, 2.24) is 19.5 Å². The number of hydrogen-bond donors (Lipinski definition) is 0. The third kappa shape index (κ3) is 3.03. The molecular formula is C17H16N4O. The lowest BCUT2D eigenvalue weighted by Crippen LogP contribution is -2.25. The quantitative estimate of drug-likeness (QED) is 0.694. The Morgan fingerprint density at radius 3 is 2.73 bits per heavy atom. The third-order valence-corrected chi connectivity index (χ3v) is 3.36. The van der Waals surface area contributed by atoms with Gasteiger partial charge in [0.05, 0.1) is 6.54 Å². The Kier molecular flexibility index (Phi) is 3.96. The molecule has 0 aliphatic carbocycles. The Hall–Kier alpha value is -2.95. The molecule has 22 heavy (non-hydrogen) atoms. The molecule has 110 valence electrons. The first-order chi connectivity index (χ1) is 10.7. The van der Waals surface area contributed by atoms with Crippen LogP contribution in [-0.2, 0) is 11.3 Å². The Labute approximate surface area is 128 Å². The first-order valence-corrected chi connectivity index (χ1v) is 7.01. The van der Waals surface area contributed by atoms with Crippen molar-refractivity contribution in [2.75, 3.05) is 7.05 Å². The second-order valence-electron chi connectivity index (χ2n) is 4.98. The van der Waals surface area contributed by atoms with Crippen molar-refractivity contribution in [3.63, 3.8) is 0 Å². The minimum Gasteiger partial charge on any atom is -0.335 e. The van der Waals surface area contributed by atoms with Crippen LogP contribution in [0.15, 0.2) is 60.8 Å². The first kappa shape index (κ1) is 14.0. The van der Waals surface area contributed by atoms with Gasteiger partial charge < -0.3 is 4.90 Å². The summed E-state index contributed by atoms with van der Waals surface area (Å²) in [6.07, 6.45) is 5.27. The zero-order valence-corrected chi connectivity index (χ0v) is 12.3. The molecule has 0 saturated heterocycles. The van der Waals surface area contributed by atoms with Crippen molar-refractivity contribution < 1.29 is 4.79 Å². The van der Waals surface area contributed by atoms with Gasteiger partial charge in [0.25, 0.3) is 0 Å². The average molecular weight is 292 g/mol.